The molecule has 2 rings (SSSR count). The lowest BCUT2D eigenvalue weighted by atomic mass is 10.0. The van der Waals surface area contributed by atoms with Gasteiger partial charge in [-0.15, -0.1) is 0 Å². The minimum absolute atomic E-state index is 0.00951. The largest absolute Gasteiger partial charge is 0.357 e. The molecule has 1 atom stereocenters. The van der Waals surface area contributed by atoms with E-state index >= 15 is 0 Å². The number of hydrogen-bond acceptors (Lipinski definition) is 7. The van der Waals surface area contributed by atoms with Crippen LogP contribution in [0.1, 0.15) is 18.5 Å². The highest BCUT2D eigenvalue weighted by molar-refractivity contribution is 5.62. The molecule has 1 aromatic rings. The number of aromatic nitrogens is 2. The first-order chi connectivity index (χ1) is 9.93. The molecule has 21 heavy (non-hydrogen) atoms. The first kappa shape index (κ1) is 15.4. The molecule has 0 amide bonds. The molecule has 2 heterocycles. The van der Waals surface area contributed by atoms with E-state index < -0.39 is 4.92 Å². The van der Waals surface area contributed by atoms with Crippen LogP contribution >= 0.6 is 0 Å². The molecular formula is C13H22N6O2. The quantitative estimate of drug-likeness (QED) is 0.660. The molecule has 0 spiro atoms. The van der Waals surface area contributed by atoms with Gasteiger partial charge in [0, 0.05) is 26.7 Å². The van der Waals surface area contributed by atoms with Crippen molar-refractivity contribution in [2.75, 3.05) is 44.4 Å². The van der Waals surface area contributed by atoms with E-state index in [2.05, 4.69) is 27.2 Å². The van der Waals surface area contributed by atoms with Gasteiger partial charge in [-0.25, -0.2) is 4.98 Å². The highest BCUT2D eigenvalue weighted by atomic mass is 16.6. The third-order valence-electron chi connectivity index (χ3n) is 3.93. The zero-order valence-corrected chi connectivity index (χ0v) is 13.0. The lowest BCUT2D eigenvalue weighted by Crippen LogP contribution is -2.45. The number of nitro groups is 1. The summed E-state index contributed by atoms with van der Waals surface area (Å²) in [6.07, 6.45) is 2.10. The molecule has 1 aliphatic heterocycles. The summed E-state index contributed by atoms with van der Waals surface area (Å²) in [6, 6.07) is 0.224. The van der Waals surface area contributed by atoms with E-state index in [0.717, 1.165) is 25.9 Å². The van der Waals surface area contributed by atoms with Crippen LogP contribution in [-0.2, 0) is 0 Å². The van der Waals surface area contributed by atoms with Gasteiger partial charge < -0.3 is 15.1 Å². The van der Waals surface area contributed by atoms with Crippen LogP contribution in [0.25, 0.3) is 0 Å². The number of hydrogen-bond donors (Lipinski definition) is 1. The topological polar surface area (TPSA) is 87.4 Å². The Morgan fingerprint density at radius 3 is 2.76 bits per heavy atom. The van der Waals surface area contributed by atoms with E-state index in [-0.39, 0.29) is 11.7 Å². The lowest BCUT2D eigenvalue weighted by molar-refractivity contribution is -0.385. The number of likely N-dealkylation sites (N-methyl/N-ethyl adjacent to an activating group) is 2. The van der Waals surface area contributed by atoms with Crippen molar-refractivity contribution in [3.05, 3.63) is 15.8 Å². The van der Waals surface area contributed by atoms with Crippen LogP contribution in [0.2, 0.25) is 0 Å². The van der Waals surface area contributed by atoms with E-state index in [1.165, 1.54) is 0 Å². The van der Waals surface area contributed by atoms with Gasteiger partial charge in [-0.2, -0.15) is 4.98 Å². The van der Waals surface area contributed by atoms with Crippen molar-refractivity contribution in [1.82, 2.24) is 14.9 Å². The second-order valence-electron chi connectivity index (χ2n) is 5.48. The van der Waals surface area contributed by atoms with Gasteiger partial charge in [0.15, 0.2) is 0 Å². The Balaban J connectivity index is 2.40. The molecule has 0 aliphatic carbocycles. The third-order valence-corrected chi connectivity index (χ3v) is 3.93. The van der Waals surface area contributed by atoms with Gasteiger partial charge in [-0.05, 0) is 33.4 Å². The monoisotopic (exact) mass is 294 g/mol. The van der Waals surface area contributed by atoms with Crippen LogP contribution in [-0.4, -0.2) is 60.1 Å². The van der Waals surface area contributed by atoms with Crippen molar-refractivity contribution in [3.63, 3.8) is 0 Å². The van der Waals surface area contributed by atoms with Crippen LogP contribution in [0.4, 0.5) is 17.5 Å². The Morgan fingerprint density at radius 2 is 2.19 bits per heavy atom. The summed E-state index contributed by atoms with van der Waals surface area (Å²) in [4.78, 5) is 23.6. The third kappa shape index (κ3) is 3.21. The molecule has 0 aromatic carbocycles. The predicted molar refractivity (Wildman–Crippen MR) is 81.9 cm³/mol. The average molecular weight is 294 g/mol. The molecule has 0 radical (unpaired) electrons. The molecule has 1 unspecified atom stereocenters. The van der Waals surface area contributed by atoms with Crippen LogP contribution in [0.3, 0.4) is 0 Å². The Kier molecular flexibility index (Phi) is 4.56. The van der Waals surface area contributed by atoms with E-state index in [1.807, 2.05) is 11.9 Å². The Hall–Kier alpha value is -1.96. The van der Waals surface area contributed by atoms with Crippen molar-refractivity contribution < 1.29 is 4.92 Å². The molecular weight excluding hydrogens is 272 g/mol. The van der Waals surface area contributed by atoms with Crippen LogP contribution in [0, 0.1) is 17.0 Å². The summed E-state index contributed by atoms with van der Waals surface area (Å²) in [5.41, 5.74) is 0.370. The highest BCUT2D eigenvalue weighted by Crippen LogP contribution is 2.31. The SMILES string of the molecule is CNc1nc(C)c([N+](=O)[O-])c(N(C)C2CCCN(C)C2)n1. The molecule has 116 valence electrons. The van der Waals surface area contributed by atoms with Gasteiger partial charge in [0.05, 0.1) is 4.92 Å². The van der Waals surface area contributed by atoms with Gasteiger partial charge in [0.1, 0.15) is 5.69 Å². The lowest BCUT2D eigenvalue weighted by Gasteiger charge is -2.36. The number of nitrogens with zero attached hydrogens (tertiary/aromatic N) is 5. The summed E-state index contributed by atoms with van der Waals surface area (Å²) in [6.45, 7) is 3.59. The van der Waals surface area contributed by atoms with Gasteiger partial charge >= 0.3 is 5.69 Å². The summed E-state index contributed by atoms with van der Waals surface area (Å²) in [5, 5.41) is 14.2. The van der Waals surface area contributed by atoms with E-state index in [4.69, 9.17) is 0 Å². The number of aryl methyl sites for hydroxylation is 1. The smallest absolute Gasteiger partial charge is 0.332 e. The maximum atomic E-state index is 11.4. The van der Waals surface area contributed by atoms with Crippen LogP contribution in [0.15, 0.2) is 0 Å². The fraction of sp³-hybridized carbons (Fsp3) is 0.692. The van der Waals surface area contributed by atoms with Gasteiger partial charge in [0.25, 0.3) is 0 Å². The zero-order chi connectivity index (χ0) is 15.6. The molecule has 8 heteroatoms. The maximum absolute atomic E-state index is 11.4. The minimum atomic E-state index is -0.396. The molecule has 1 N–H and O–H groups in total. The molecule has 1 aromatic heterocycles. The molecule has 0 bridgehead atoms. The summed E-state index contributed by atoms with van der Waals surface area (Å²) in [5.74, 6) is 0.793. The molecule has 8 nitrogen and oxygen atoms in total. The van der Waals surface area contributed by atoms with E-state index in [1.54, 1.807) is 14.0 Å². The van der Waals surface area contributed by atoms with Crippen molar-refractivity contribution in [1.29, 1.82) is 0 Å². The van der Waals surface area contributed by atoms with Crippen molar-refractivity contribution in [2.24, 2.45) is 0 Å². The number of piperidine rings is 1. The Labute approximate surface area is 124 Å². The highest BCUT2D eigenvalue weighted by Gasteiger charge is 2.30. The number of likely N-dealkylation sites (tertiary alicyclic amines) is 1. The van der Waals surface area contributed by atoms with Crippen LogP contribution in [0.5, 0.6) is 0 Å². The predicted octanol–water partition coefficient (Wildman–Crippen LogP) is 1.27. The van der Waals surface area contributed by atoms with Gasteiger partial charge in [0.2, 0.25) is 11.8 Å². The maximum Gasteiger partial charge on any atom is 0.332 e. The van der Waals surface area contributed by atoms with E-state index in [9.17, 15) is 10.1 Å². The summed E-state index contributed by atoms with van der Waals surface area (Å²) >= 11 is 0. The molecule has 1 aliphatic rings. The van der Waals surface area contributed by atoms with Crippen molar-refractivity contribution in [2.45, 2.75) is 25.8 Å². The first-order valence-electron chi connectivity index (χ1n) is 7.06. The minimum Gasteiger partial charge on any atom is -0.357 e. The zero-order valence-electron chi connectivity index (χ0n) is 13.0. The Morgan fingerprint density at radius 1 is 1.48 bits per heavy atom. The standard InChI is InChI=1S/C13H22N6O2/c1-9-11(19(20)21)12(16-13(14-2)15-9)18(4)10-6-5-7-17(3)8-10/h10H,5-8H2,1-4H3,(H,14,15,16). The summed E-state index contributed by atoms with van der Waals surface area (Å²) < 4.78 is 0. The fourth-order valence-corrected chi connectivity index (χ4v) is 2.75. The first-order valence-corrected chi connectivity index (χ1v) is 7.06. The second kappa shape index (κ2) is 6.21. The van der Waals surface area contributed by atoms with Crippen molar-refractivity contribution >= 4 is 17.5 Å². The van der Waals surface area contributed by atoms with E-state index in [0.29, 0.717) is 17.5 Å². The average Bonchev–Trinajstić information content (AvgIpc) is 2.45. The molecule has 0 saturated carbocycles. The fourth-order valence-electron chi connectivity index (χ4n) is 2.75. The van der Waals surface area contributed by atoms with Gasteiger partial charge in [-0.3, -0.25) is 10.1 Å². The van der Waals surface area contributed by atoms with Crippen LogP contribution < -0.4 is 10.2 Å². The molecule has 1 fully saturated rings. The number of rotatable bonds is 4. The number of nitrogens with one attached hydrogen (secondary N) is 1. The van der Waals surface area contributed by atoms with Crippen molar-refractivity contribution in [3.8, 4) is 0 Å². The molecule has 1 saturated heterocycles. The Bertz CT molecular complexity index is 536. The van der Waals surface area contributed by atoms with Gasteiger partial charge in [-0.1, -0.05) is 0 Å². The normalized spacial score (nSPS) is 19.3. The number of anilines is 2. The summed E-state index contributed by atoms with van der Waals surface area (Å²) in [7, 11) is 5.65. The second-order valence-corrected chi connectivity index (χ2v) is 5.48.